The zero-order chi connectivity index (χ0) is 100. The van der Waals surface area contributed by atoms with Gasteiger partial charge in [0.1, 0.15) is 262 Å². The van der Waals surface area contributed by atoms with E-state index in [4.69, 9.17) is 99.5 Å². The minimum absolute atomic E-state index is 0.868. The van der Waals surface area contributed by atoms with Crippen LogP contribution in [0.5, 0.6) is 0 Å². The highest BCUT2D eigenvalue weighted by Crippen LogP contribution is 2.41. The van der Waals surface area contributed by atoms with E-state index >= 15 is 0 Å². The summed E-state index contributed by atoms with van der Waals surface area (Å²) in [7, 11) is 0. The second-order valence-electron chi connectivity index (χ2n) is 34.6. The van der Waals surface area contributed by atoms with E-state index in [1.807, 2.05) is 0 Å². The van der Waals surface area contributed by atoms with Gasteiger partial charge in [-0.25, -0.2) is 0 Å². The summed E-state index contributed by atoms with van der Waals surface area (Å²) in [6.45, 7) is -5.25. The molecule has 34 N–H and O–H groups in total. The van der Waals surface area contributed by atoms with Crippen molar-refractivity contribution < 1.29 is 272 Å². The summed E-state index contributed by atoms with van der Waals surface area (Å²) in [4.78, 5) is 64.8. The Bertz CT molecular complexity index is 3760. The molecule has 60 nitrogen and oxygen atoms in total. The van der Waals surface area contributed by atoms with E-state index in [2.05, 4.69) is 26.6 Å². The van der Waals surface area contributed by atoms with Crippen molar-refractivity contribution in [1.29, 1.82) is 0 Å². The molecule has 0 radical (unpaired) electrons. The highest BCUT2D eigenvalue weighted by atomic mass is 16.8. The number of carbonyl (C=O) groups is 5. The Labute approximate surface area is 770 Å². The van der Waals surface area contributed by atoms with E-state index in [1.165, 1.54) is 6.92 Å². The Morgan fingerprint density at radius 1 is 0.206 bits per heavy atom. The fourth-order valence-electron chi connectivity index (χ4n) is 17.6. The van der Waals surface area contributed by atoms with Crippen molar-refractivity contribution in [2.24, 2.45) is 0 Å². The maximum Gasteiger partial charge on any atom is 0.217 e. The van der Waals surface area contributed by atoms with Gasteiger partial charge in [0, 0.05) is 34.6 Å². The number of rotatable bonds is 35. The van der Waals surface area contributed by atoms with Crippen LogP contribution >= 0.6 is 0 Å². The lowest BCUT2D eigenvalue weighted by atomic mass is 9.93. The van der Waals surface area contributed by atoms with E-state index in [-0.39, 0.29) is 0 Å². The maximum atomic E-state index is 13.4. The van der Waals surface area contributed by atoms with Crippen molar-refractivity contribution in [3.05, 3.63) is 0 Å². The summed E-state index contributed by atoms with van der Waals surface area (Å²) in [5.41, 5.74) is 0. The quantitative estimate of drug-likeness (QED) is 0.0280. The first kappa shape index (κ1) is 112. The van der Waals surface area contributed by atoms with Crippen LogP contribution in [0.2, 0.25) is 0 Å². The molecule has 55 atom stereocenters. The fourth-order valence-corrected chi connectivity index (χ4v) is 17.6. The van der Waals surface area contributed by atoms with Gasteiger partial charge < -0.3 is 274 Å². The Morgan fingerprint density at radius 3 is 0.890 bits per heavy atom. The zero-order valence-electron chi connectivity index (χ0n) is 73.4. The topological polar surface area (TPSA) is 926 Å². The summed E-state index contributed by atoms with van der Waals surface area (Å²) in [5.74, 6) is -4.75. The van der Waals surface area contributed by atoms with Gasteiger partial charge in [0.2, 0.25) is 29.5 Å². The Morgan fingerprint density at radius 2 is 0.463 bits per heavy atom. The van der Waals surface area contributed by atoms with E-state index in [0.717, 1.165) is 34.6 Å². The molecular weight excluding hydrogens is 1860 g/mol. The maximum absolute atomic E-state index is 13.4. The number of ether oxygens (including phenoxy) is 21. The number of aliphatic hydroxyl groups excluding tert-OH is 29. The molecule has 0 saturated carbocycles. The smallest absolute Gasteiger partial charge is 0.217 e. The molecule has 0 aromatic rings. The van der Waals surface area contributed by atoms with Gasteiger partial charge in [-0.05, 0) is 6.92 Å². The minimum Gasteiger partial charge on any atom is -0.394 e. The third-order valence-corrected chi connectivity index (χ3v) is 24.9. The van der Waals surface area contributed by atoms with Crippen molar-refractivity contribution in [1.82, 2.24) is 26.6 Å². The first-order valence-electron chi connectivity index (χ1n) is 43.5. The first-order valence-corrected chi connectivity index (χ1v) is 43.5. The van der Waals surface area contributed by atoms with Gasteiger partial charge in [0.05, 0.1) is 72.2 Å². The van der Waals surface area contributed by atoms with Crippen molar-refractivity contribution in [3.63, 3.8) is 0 Å². The van der Waals surface area contributed by atoms with Crippen LogP contribution in [-0.2, 0) is 123 Å². The van der Waals surface area contributed by atoms with Gasteiger partial charge in [0.25, 0.3) is 0 Å². The standard InChI is InChI=1S/C76H127N5O55/c1-17-38(94)50(106)55(111)71(119-17)117-16-32-62(46(102)33(66(115)120-32)77-18(2)89)130-69-36(80-21(5)92)48(104)61(29(13-88)126-69)133-74-58(114)63(134-76-65(53(109)42(98)26(10-85)124-76)136-70-37(81-22(6)93)49(105)60(28(12-87)127-70)132-73-57(113)52(108)41(97)25(9-84)123-73)44(100)31(128-74)15-118-75-64(135-68-34(78-19(3)90)45(101)39(95)23(7-82)121-68)54(110)43(99)30(129-75)14-116-67-35(79-20(4)91)47(103)59(27(11-86)125-67)131-72-56(112)51(107)40(96)24(8-83)122-72/h17,23-76,82-88,94-115H,7-16H2,1-6H3,(H,77,89)(H,78,90)(H,79,91)(H,80,92)(H,81,93)/t17-,23+,24+,25+,26+,27+,28+,29+,30+,31+,32+,33+,34+,35+,36+,37+,38+,39+,40-,41-,42+,43+,44+,45+,46+,47+,48+,49+,50+,51-,52-,53-,54-,55-,56+,57+,58-,59+,60+,61+,62+,63-,64-,65-,66?,67+,68-,69-,70-,71+,72-,73-,74-,75-,76+/m0/s1. The molecule has 0 aromatic heterocycles. The molecule has 1 unspecified atom stereocenters. The van der Waals surface area contributed by atoms with Crippen molar-refractivity contribution in [2.45, 2.75) is 379 Å². The Balaban J connectivity index is 0.950. The molecular formula is C76H127N5O55. The van der Waals surface area contributed by atoms with Gasteiger partial charge in [-0.3, -0.25) is 24.0 Å². The Kier molecular flexibility index (Phi) is 40.1. The van der Waals surface area contributed by atoms with Crippen molar-refractivity contribution in [2.75, 3.05) is 66.1 Å². The molecule has 11 saturated heterocycles. The third-order valence-electron chi connectivity index (χ3n) is 24.9. The molecule has 0 aromatic carbocycles. The van der Waals surface area contributed by atoms with Gasteiger partial charge in [-0.15, -0.1) is 0 Å². The van der Waals surface area contributed by atoms with Crippen LogP contribution in [0, 0.1) is 0 Å². The van der Waals surface area contributed by atoms with E-state index < -0.39 is 433 Å². The lowest BCUT2D eigenvalue weighted by Gasteiger charge is -2.51. The molecule has 11 aliphatic rings. The number of hydrogen-bond acceptors (Lipinski definition) is 55. The van der Waals surface area contributed by atoms with Crippen LogP contribution in [0.1, 0.15) is 41.5 Å². The van der Waals surface area contributed by atoms with Crippen molar-refractivity contribution >= 4 is 29.5 Å². The van der Waals surface area contributed by atoms with E-state index in [0.29, 0.717) is 0 Å². The van der Waals surface area contributed by atoms with Crippen LogP contribution in [0.3, 0.4) is 0 Å². The highest BCUT2D eigenvalue weighted by Gasteiger charge is 2.62. The SMILES string of the molecule is CC(=O)N[C@H]1[C@H](O[C@H]2[C@H](O)[C@@H](NC(C)=O)C(O)O[C@@H]2CO[C@@H]2O[C@@H](C)[C@@H](O)[C@@H](O)[C@@H]2O)O[C@H](CO)[C@@H](O[C@@H]2O[C@H](CO[C@H]3O[C@H](CO[C@@H]4O[C@H](CO)[C@@H](O[C@@H]5O[C@H](CO)[C@H](O)[C@H](O)[C@H]5O)[C@H](O)[C@H]4NC(C)=O)[C@@H](O)[C@H](O)[C@@H]3O[C@@H]3O[C@H](CO)[C@@H](O)[C@H](O)[C@H]3NC(C)=O)[C@@H](O)[C@H](O[C@H]3O[C@H](CO)[C@@H](O)[C@H](O)[C@@H]3O[C@@H]3O[C@H](CO)[C@@H](O[C@@H]4O[C@H](CO)[C@H](O)[C@H](O)[C@H]4O)[C@H](O)[C@H]3NC(C)=O)[C@@H]2O)[C@@H]1O. The lowest BCUT2D eigenvalue weighted by molar-refractivity contribution is -0.399. The highest BCUT2D eigenvalue weighted by molar-refractivity contribution is 5.75. The van der Waals surface area contributed by atoms with E-state index in [9.17, 15) is 172 Å². The molecule has 5 amide bonds. The first-order chi connectivity index (χ1) is 64.3. The summed E-state index contributed by atoms with van der Waals surface area (Å²) < 4.78 is 126. The largest absolute Gasteiger partial charge is 0.394 e. The number of aliphatic hydroxyl groups is 29. The number of amides is 5. The average Bonchev–Trinajstić information content (AvgIpc) is 0.693. The monoisotopic (exact) mass is 1990 g/mol. The normalized spacial score (nSPS) is 49.2. The molecule has 136 heavy (non-hydrogen) atoms. The predicted molar refractivity (Wildman–Crippen MR) is 419 cm³/mol. The molecule has 11 heterocycles. The number of nitrogens with one attached hydrogen (secondary N) is 5. The molecule has 0 aliphatic carbocycles. The average molecular weight is 1990 g/mol. The molecule has 60 heteroatoms. The molecule has 11 aliphatic heterocycles. The van der Waals surface area contributed by atoms with Gasteiger partial charge in [-0.1, -0.05) is 0 Å². The summed E-state index contributed by atoms with van der Waals surface area (Å²) >= 11 is 0. The molecule has 0 bridgehead atoms. The van der Waals surface area contributed by atoms with Crippen LogP contribution in [0.4, 0.5) is 0 Å². The molecule has 786 valence electrons. The summed E-state index contributed by atoms with van der Waals surface area (Å²) in [6, 6.07) is -9.62. The number of hydrogen-bond donors (Lipinski definition) is 34. The molecule has 11 rings (SSSR count). The van der Waals surface area contributed by atoms with Gasteiger partial charge in [-0.2, -0.15) is 0 Å². The van der Waals surface area contributed by atoms with Crippen LogP contribution in [0.15, 0.2) is 0 Å². The minimum atomic E-state index is -2.70. The summed E-state index contributed by atoms with van der Waals surface area (Å²) in [5, 5.41) is 338. The van der Waals surface area contributed by atoms with Crippen LogP contribution in [0.25, 0.3) is 0 Å². The van der Waals surface area contributed by atoms with E-state index in [1.54, 1.807) is 0 Å². The number of carbonyl (C=O) groups excluding carboxylic acids is 5. The summed E-state index contributed by atoms with van der Waals surface area (Å²) in [6.07, 6.45) is -105. The fraction of sp³-hybridized carbons (Fsp3) is 0.934. The van der Waals surface area contributed by atoms with Crippen LogP contribution < -0.4 is 26.6 Å². The molecule has 11 fully saturated rings. The van der Waals surface area contributed by atoms with Gasteiger partial charge in [0.15, 0.2) is 69.2 Å². The second kappa shape index (κ2) is 48.8. The van der Waals surface area contributed by atoms with Crippen molar-refractivity contribution in [3.8, 4) is 0 Å². The lowest BCUT2D eigenvalue weighted by Crippen LogP contribution is -2.71. The second-order valence-corrected chi connectivity index (χ2v) is 34.6. The zero-order valence-corrected chi connectivity index (χ0v) is 73.4. The molecule has 0 spiro atoms. The van der Waals surface area contributed by atoms with Gasteiger partial charge >= 0.3 is 0 Å². The Hall–Kier alpha value is -4.65. The third kappa shape index (κ3) is 24.9. The van der Waals surface area contributed by atoms with Crippen LogP contribution in [-0.4, -0.2) is 581 Å². The predicted octanol–water partition coefficient (Wildman–Crippen LogP) is -23.2.